The summed E-state index contributed by atoms with van der Waals surface area (Å²) in [5.41, 5.74) is 1.30. The van der Waals surface area contributed by atoms with Gasteiger partial charge in [0.15, 0.2) is 0 Å². The van der Waals surface area contributed by atoms with Gasteiger partial charge in [-0.2, -0.15) is 0 Å². The molecule has 1 N–H and O–H groups in total. The van der Waals surface area contributed by atoms with E-state index in [1.165, 1.54) is 23.5 Å². The normalized spacial score (nSPS) is 10.6. The summed E-state index contributed by atoms with van der Waals surface area (Å²) < 4.78 is 32.5. The van der Waals surface area contributed by atoms with E-state index in [0.717, 1.165) is 6.07 Å². The van der Waals surface area contributed by atoms with Crippen molar-refractivity contribution in [3.8, 4) is 16.3 Å². The van der Waals surface area contributed by atoms with Gasteiger partial charge >= 0.3 is 0 Å². The van der Waals surface area contributed by atoms with Crippen LogP contribution < -0.4 is 10.1 Å². The maximum absolute atomic E-state index is 13.8. The summed E-state index contributed by atoms with van der Waals surface area (Å²) >= 11 is 1.32. The zero-order chi connectivity index (χ0) is 18.5. The molecule has 0 unspecified atom stereocenters. The van der Waals surface area contributed by atoms with Crippen molar-refractivity contribution in [2.75, 3.05) is 6.54 Å². The van der Waals surface area contributed by atoms with Crippen molar-refractivity contribution in [2.24, 2.45) is 0 Å². The molecule has 1 heterocycles. The smallest absolute Gasteiger partial charge is 0.270 e. The minimum atomic E-state index is -0.657. The molecular weight excluding hydrogens is 358 g/mol. The number of para-hydroxylation sites is 1. The topological polar surface area (TPSA) is 51.2 Å². The summed E-state index contributed by atoms with van der Waals surface area (Å²) in [5.74, 6) is -1.02. The first-order valence-electron chi connectivity index (χ1n) is 7.98. The second-order valence-electron chi connectivity index (χ2n) is 5.42. The number of halogens is 2. The summed E-state index contributed by atoms with van der Waals surface area (Å²) in [4.78, 5) is 16.2. The van der Waals surface area contributed by atoms with Crippen LogP contribution in [0, 0.1) is 11.6 Å². The van der Waals surface area contributed by atoms with Gasteiger partial charge in [-0.05, 0) is 31.2 Å². The number of rotatable bonds is 6. The Balaban J connectivity index is 1.81. The number of amides is 1. The molecule has 0 atom stereocenters. The average Bonchev–Trinajstić information content (AvgIpc) is 3.11. The fraction of sp³-hybridized carbons (Fsp3) is 0.158. The van der Waals surface area contributed by atoms with Gasteiger partial charge in [0, 0.05) is 23.6 Å². The number of benzene rings is 2. The van der Waals surface area contributed by atoms with Gasteiger partial charge in [-0.15, -0.1) is 11.3 Å². The minimum absolute atomic E-state index is 0.0440. The van der Waals surface area contributed by atoms with Crippen molar-refractivity contribution < 1.29 is 18.3 Å². The Labute approximate surface area is 153 Å². The van der Waals surface area contributed by atoms with E-state index in [-0.39, 0.29) is 18.1 Å². The number of hydrogen-bond acceptors (Lipinski definition) is 4. The Morgan fingerprint density at radius 2 is 2.04 bits per heavy atom. The van der Waals surface area contributed by atoms with Crippen molar-refractivity contribution in [1.29, 1.82) is 0 Å². The Morgan fingerprint density at radius 1 is 1.23 bits per heavy atom. The molecule has 3 rings (SSSR count). The first kappa shape index (κ1) is 18.0. The summed E-state index contributed by atoms with van der Waals surface area (Å²) in [6, 6.07) is 10.5. The summed E-state index contributed by atoms with van der Waals surface area (Å²) in [6.07, 6.45) is 0. The molecule has 0 saturated carbocycles. The second kappa shape index (κ2) is 8.05. The molecule has 0 saturated heterocycles. The van der Waals surface area contributed by atoms with Gasteiger partial charge in [-0.25, -0.2) is 13.8 Å². The van der Waals surface area contributed by atoms with Crippen LogP contribution in [0.3, 0.4) is 0 Å². The lowest BCUT2D eigenvalue weighted by atomic mass is 10.2. The molecule has 0 radical (unpaired) electrons. The fourth-order valence-electron chi connectivity index (χ4n) is 2.32. The molecule has 134 valence electrons. The van der Waals surface area contributed by atoms with E-state index >= 15 is 0 Å². The maximum Gasteiger partial charge on any atom is 0.270 e. The van der Waals surface area contributed by atoms with Gasteiger partial charge in [0.05, 0.1) is 5.56 Å². The summed E-state index contributed by atoms with van der Waals surface area (Å²) in [7, 11) is 0. The van der Waals surface area contributed by atoms with E-state index in [4.69, 9.17) is 4.74 Å². The van der Waals surface area contributed by atoms with Crippen LogP contribution >= 0.6 is 11.3 Å². The molecule has 0 spiro atoms. The molecule has 1 amide bonds. The zero-order valence-corrected chi connectivity index (χ0v) is 14.8. The van der Waals surface area contributed by atoms with E-state index in [0.29, 0.717) is 28.6 Å². The van der Waals surface area contributed by atoms with Gasteiger partial charge in [0.25, 0.3) is 5.91 Å². The number of nitrogens with zero attached hydrogens (tertiary/aromatic N) is 1. The van der Waals surface area contributed by atoms with Crippen molar-refractivity contribution in [3.63, 3.8) is 0 Å². The quantitative estimate of drug-likeness (QED) is 0.695. The van der Waals surface area contributed by atoms with Crippen LogP contribution in [0.4, 0.5) is 8.78 Å². The Morgan fingerprint density at radius 3 is 2.81 bits per heavy atom. The Hall–Kier alpha value is -2.80. The van der Waals surface area contributed by atoms with E-state index in [1.807, 2.05) is 19.1 Å². The van der Waals surface area contributed by atoms with Crippen molar-refractivity contribution >= 4 is 17.2 Å². The van der Waals surface area contributed by atoms with Gasteiger partial charge in [-0.3, -0.25) is 4.79 Å². The predicted molar refractivity (Wildman–Crippen MR) is 96.2 cm³/mol. The molecule has 2 aromatic carbocycles. The first-order valence-corrected chi connectivity index (χ1v) is 8.86. The summed E-state index contributed by atoms with van der Waals surface area (Å²) in [6.45, 7) is 2.31. The maximum atomic E-state index is 13.8. The Kier molecular flexibility index (Phi) is 5.58. The number of thiazole rings is 1. The highest BCUT2D eigenvalue weighted by molar-refractivity contribution is 7.13. The number of hydrogen-bond donors (Lipinski definition) is 1. The number of carbonyl (C=O) groups excluding carboxylic acids is 1. The minimum Gasteiger partial charge on any atom is -0.488 e. The van der Waals surface area contributed by atoms with Gasteiger partial charge in [0.1, 0.15) is 34.7 Å². The third-order valence-corrected chi connectivity index (χ3v) is 4.47. The number of aromatic nitrogens is 1. The monoisotopic (exact) mass is 374 g/mol. The molecule has 4 nitrogen and oxygen atoms in total. The highest BCUT2D eigenvalue weighted by atomic mass is 32.1. The predicted octanol–water partition coefficient (Wildman–Crippen LogP) is 4.42. The standard InChI is InChI=1S/C19H16F2N2O2S/c1-2-22-18(24)16-11-26-19(23-16)14-5-3-4-6-17(14)25-10-12-7-8-13(20)9-15(12)21/h3-9,11H,2,10H2,1H3,(H,22,24). The molecule has 26 heavy (non-hydrogen) atoms. The second-order valence-corrected chi connectivity index (χ2v) is 6.28. The van der Waals surface area contributed by atoms with Crippen LogP contribution in [0.2, 0.25) is 0 Å². The molecule has 1 aromatic heterocycles. The highest BCUT2D eigenvalue weighted by Gasteiger charge is 2.14. The molecule has 0 aliphatic heterocycles. The fourth-order valence-corrected chi connectivity index (χ4v) is 3.15. The van der Waals surface area contributed by atoms with E-state index in [1.54, 1.807) is 17.5 Å². The third-order valence-electron chi connectivity index (χ3n) is 3.59. The molecule has 3 aromatic rings. The largest absolute Gasteiger partial charge is 0.488 e. The van der Waals surface area contributed by atoms with Gasteiger partial charge in [-0.1, -0.05) is 12.1 Å². The molecule has 0 bridgehead atoms. The van der Waals surface area contributed by atoms with Crippen LogP contribution in [-0.2, 0) is 6.61 Å². The lowest BCUT2D eigenvalue weighted by molar-refractivity contribution is 0.0951. The average molecular weight is 374 g/mol. The van der Waals surface area contributed by atoms with Crippen molar-refractivity contribution in [3.05, 3.63) is 70.7 Å². The van der Waals surface area contributed by atoms with Crippen LogP contribution in [-0.4, -0.2) is 17.4 Å². The molecular formula is C19H16F2N2O2S. The number of nitrogens with one attached hydrogen (secondary N) is 1. The highest BCUT2D eigenvalue weighted by Crippen LogP contribution is 2.32. The van der Waals surface area contributed by atoms with Crippen LogP contribution in [0.25, 0.3) is 10.6 Å². The van der Waals surface area contributed by atoms with E-state index in [2.05, 4.69) is 10.3 Å². The van der Waals surface area contributed by atoms with Crippen LogP contribution in [0.15, 0.2) is 47.8 Å². The number of carbonyl (C=O) groups is 1. The third kappa shape index (κ3) is 4.05. The van der Waals surface area contributed by atoms with Crippen molar-refractivity contribution in [2.45, 2.75) is 13.5 Å². The van der Waals surface area contributed by atoms with E-state index in [9.17, 15) is 13.6 Å². The first-order chi connectivity index (χ1) is 12.6. The van der Waals surface area contributed by atoms with Gasteiger partial charge in [0.2, 0.25) is 0 Å². The van der Waals surface area contributed by atoms with Crippen molar-refractivity contribution in [1.82, 2.24) is 10.3 Å². The van der Waals surface area contributed by atoms with Crippen LogP contribution in [0.1, 0.15) is 23.0 Å². The zero-order valence-electron chi connectivity index (χ0n) is 14.0. The van der Waals surface area contributed by atoms with E-state index < -0.39 is 11.6 Å². The number of ether oxygens (including phenoxy) is 1. The lowest BCUT2D eigenvalue weighted by Crippen LogP contribution is -2.22. The van der Waals surface area contributed by atoms with Gasteiger partial charge < -0.3 is 10.1 Å². The molecule has 0 aliphatic carbocycles. The molecule has 0 aliphatic rings. The Bertz CT molecular complexity index is 927. The SMILES string of the molecule is CCNC(=O)c1csc(-c2ccccc2OCc2ccc(F)cc2F)n1. The molecule has 0 fully saturated rings. The summed E-state index contributed by atoms with van der Waals surface area (Å²) in [5, 5.41) is 5.00. The molecule has 7 heteroatoms. The lowest BCUT2D eigenvalue weighted by Gasteiger charge is -2.10. The van der Waals surface area contributed by atoms with Crippen LogP contribution in [0.5, 0.6) is 5.75 Å².